The van der Waals surface area contributed by atoms with Gasteiger partial charge in [-0.1, -0.05) is 81.3 Å². The van der Waals surface area contributed by atoms with E-state index >= 15 is 0 Å². The third kappa shape index (κ3) is 8.43. The van der Waals surface area contributed by atoms with Gasteiger partial charge in [0.15, 0.2) is 0 Å². The molecule has 0 aliphatic heterocycles. The summed E-state index contributed by atoms with van der Waals surface area (Å²) in [6.45, 7) is 5.65. The van der Waals surface area contributed by atoms with Gasteiger partial charge < -0.3 is 10.1 Å². The van der Waals surface area contributed by atoms with Crippen molar-refractivity contribution in [3.05, 3.63) is 66.8 Å². The van der Waals surface area contributed by atoms with Gasteiger partial charge in [-0.25, -0.2) is 0 Å². The second-order valence-electron chi connectivity index (χ2n) is 7.45. The number of hydrogen-bond acceptors (Lipinski definition) is 2. The molecule has 3 heteroatoms. The molecule has 2 aromatic carbocycles. The van der Waals surface area contributed by atoms with E-state index in [1.807, 2.05) is 24.3 Å². The molecule has 0 heterocycles. The number of hydrogen-bond donors (Lipinski definition) is 1. The van der Waals surface area contributed by atoms with Crippen LogP contribution in [-0.2, 0) is 4.79 Å². The number of fused-ring (bicyclic) bond motifs is 1. The van der Waals surface area contributed by atoms with Gasteiger partial charge in [-0.05, 0) is 36.6 Å². The van der Waals surface area contributed by atoms with Crippen LogP contribution < -0.4 is 10.1 Å². The zero-order valence-electron chi connectivity index (χ0n) is 17.2. The molecule has 3 nitrogen and oxygen atoms in total. The molecular weight excluding hydrogens is 346 g/mol. The number of nitrogens with one attached hydrogen (secondary N) is 1. The summed E-state index contributed by atoms with van der Waals surface area (Å²) < 4.78 is 5.97. The summed E-state index contributed by atoms with van der Waals surface area (Å²) in [6.07, 6.45) is 13.1. The molecule has 1 amide bonds. The number of ether oxygens (including phenoxy) is 1. The average molecular weight is 380 g/mol. The van der Waals surface area contributed by atoms with Gasteiger partial charge in [-0.2, -0.15) is 0 Å². The van der Waals surface area contributed by atoms with Crippen molar-refractivity contribution in [2.24, 2.45) is 5.92 Å². The molecule has 0 aliphatic carbocycles. The fourth-order valence-electron chi connectivity index (χ4n) is 2.90. The number of amides is 1. The third-order valence-electron chi connectivity index (χ3n) is 4.45. The lowest BCUT2D eigenvalue weighted by Gasteiger charge is -2.09. The van der Waals surface area contributed by atoms with E-state index in [9.17, 15) is 4.79 Å². The Hall–Kier alpha value is -2.55. The molecule has 2 aromatic rings. The van der Waals surface area contributed by atoms with E-state index in [-0.39, 0.29) is 5.91 Å². The lowest BCUT2D eigenvalue weighted by Crippen LogP contribution is -2.25. The van der Waals surface area contributed by atoms with E-state index in [0.29, 0.717) is 5.92 Å². The predicted molar refractivity (Wildman–Crippen MR) is 119 cm³/mol. The van der Waals surface area contributed by atoms with Crippen molar-refractivity contribution in [1.82, 2.24) is 5.32 Å². The van der Waals surface area contributed by atoms with E-state index in [2.05, 4.69) is 55.6 Å². The Labute approximate surface area is 169 Å². The summed E-state index contributed by atoms with van der Waals surface area (Å²) in [5.41, 5.74) is 0. The average Bonchev–Trinajstić information content (AvgIpc) is 2.70. The minimum atomic E-state index is -0.0236. The number of allylic oxidation sites excluding steroid dienone is 3. The van der Waals surface area contributed by atoms with E-state index in [0.717, 1.165) is 38.2 Å². The van der Waals surface area contributed by atoms with Gasteiger partial charge in [0.2, 0.25) is 5.91 Å². The molecule has 2 rings (SSSR count). The van der Waals surface area contributed by atoms with Crippen molar-refractivity contribution >= 4 is 16.7 Å². The van der Waals surface area contributed by atoms with Crippen molar-refractivity contribution in [3.63, 3.8) is 0 Å². The molecule has 0 aromatic heterocycles. The van der Waals surface area contributed by atoms with Crippen LogP contribution in [0.4, 0.5) is 0 Å². The number of benzene rings is 2. The van der Waals surface area contributed by atoms with Crippen LogP contribution in [0.3, 0.4) is 0 Å². The van der Waals surface area contributed by atoms with Gasteiger partial charge in [-0.15, -0.1) is 0 Å². The standard InChI is InChI=1S/C25H33NO2/c1-21(2)20-26-25(27)18-9-7-5-3-4-6-8-12-19-28-24-17-13-15-22-14-10-11-16-23(22)24/h5,7,9-11,13-18,21H,3-4,6,8,12,19-20H2,1-2H3,(H,26,27)/b7-5+,18-9+. The summed E-state index contributed by atoms with van der Waals surface area (Å²) >= 11 is 0. The first kappa shape index (κ1) is 21.7. The Bertz CT molecular complexity index is 772. The number of carbonyl (C=O) groups excluding carboxylic acids is 1. The first-order valence-electron chi connectivity index (χ1n) is 10.4. The maximum absolute atomic E-state index is 11.5. The van der Waals surface area contributed by atoms with Crippen LogP contribution >= 0.6 is 0 Å². The molecule has 150 valence electrons. The zero-order valence-corrected chi connectivity index (χ0v) is 17.2. The van der Waals surface area contributed by atoms with Crippen LogP contribution in [0.2, 0.25) is 0 Å². The minimum absolute atomic E-state index is 0.0236. The van der Waals surface area contributed by atoms with Crippen molar-refractivity contribution in [1.29, 1.82) is 0 Å². The topological polar surface area (TPSA) is 38.3 Å². The number of carbonyl (C=O) groups is 1. The van der Waals surface area contributed by atoms with Crippen molar-refractivity contribution in [2.45, 2.75) is 46.0 Å². The zero-order chi connectivity index (χ0) is 20.0. The lowest BCUT2D eigenvalue weighted by molar-refractivity contribution is -0.116. The Kier molecular flexibility index (Phi) is 9.92. The molecule has 0 bridgehead atoms. The van der Waals surface area contributed by atoms with Crippen LogP contribution in [0, 0.1) is 5.92 Å². The Morgan fingerprint density at radius 1 is 1.00 bits per heavy atom. The molecule has 0 radical (unpaired) electrons. The Balaban J connectivity index is 1.52. The second kappa shape index (κ2) is 12.8. The van der Waals surface area contributed by atoms with Crippen LogP contribution in [0.25, 0.3) is 10.8 Å². The summed E-state index contributed by atoms with van der Waals surface area (Å²) in [4.78, 5) is 11.5. The van der Waals surface area contributed by atoms with Crippen molar-refractivity contribution in [3.8, 4) is 5.75 Å². The highest BCUT2D eigenvalue weighted by molar-refractivity contribution is 5.88. The van der Waals surface area contributed by atoms with Gasteiger partial charge in [0.05, 0.1) is 6.61 Å². The highest BCUT2D eigenvalue weighted by atomic mass is 16.5. The number of rotatable bonds is 12. The smallest absolute Gasteiger partial charge is 0.243 e. The highest BCUT2D eigenvalue weighted by Gasteiger charge is 2.00. The Morgan fingerprint density at radius 3 is 2.64 bits per heavy atom. The van der Waals surface area contributed by atoms with Crippen molar-refractivity contribution in [2.75, 3.05) is 13.2 Å². The van der Waals surface area contributed by atoms with Gasteiger partial charge in [0.25, 0.3) is 0 Å². The lowest BCUT2D eigenvalue weighted by atomic mass is 10.1. The molecular formula is C25H33NO2. The fourth-order valence-corrected chi connectivity index (χ4v) is 2.90. The normalized spacial score (nSPS) is 11.7. The van der Waals surface area contributed by atoms with Crippen LogP contribution in [0.5, 0.6) is 5.75 Å². The monoisotopic (exact) mass is 379 g/mol. The summed E-state index contributed by atoms with van der Waals surface area (Å²) in [5.74, 6) is 1.43. The van der Waals surface area contributed by atoms with E-state index < -0.39 is 0 Å². The quantitative estimate of drug-likeness (QED) is 0.277. The van der Waals surface area contributed by atoms with Gasteiger partial charge in [0.1, 0.15) is 5.75 Å². The third-order valence-corrected chi connectivity index (χ3v) is 4.45. The summed E-state index contributed by atoms with van der Waals surface area (Å²) in [6, 6.07) is 14.5. The molecule has 0 aliphatic rings. The predicted octanol–water partition coefficient (Wildman–Crippen LogP) is 6.05. The van der Waals surface area contributed by atoms with Crippen LogP contribution in [0.15, 0.2) is 66.8 Å². The second-order valence-corrected chi connectivity index (χ2v) is 7.45. The van der Waals surface area contributed by atoms with Gasteiger partial charge in [0, 0.05) is 18.0 Å². The van der Waals surface area contributed by atoms with Gasteiger partial charge in [-0.3, -0.25) is 4.79 Å². The van der Waals surface area contributed by atoms with Crippen LogP contribution in [-0.4, -0.2) is 19.1 Å². The maximum atomic E-state index is 11.5. The molecule has 0 saturated heterocycles. The Morgan fingerprint density at radius 2 is 1.79 bits per heavy atom. The molecule has 0 fully saturated rings. The summed E-state index contributed by atoms with van der Waals surface area (Å²) in [5, 5.41) is 5.27. The first-order chi connectivity index (χ1) is 13.7. The fraction of sp³-hybridized carbons (Fsp3) is 0.400. The largest absolute Gasteiger partial charge is 0.493 e. The molecule has 0 unspecified atom stereocenters. The molecule has 0 spiro atoms. The van der Waals surface area contributed by atoms with E-state index in [1.165, 1.54) is 23.6 Å². The summed E-state index contributed by atoms with van der Waals surface area (Å²) in [7, 11) is 0. The molecule has 0 saturated carbocycles. The van der Waals surface area contributed by atoms with Gasteiger partial charge >= 0.3 is 0 Å². The van der Waals surface area contributed by atoms with E-state index in [1.54, 1.807) is 6.08 Å². The first-order valence-corrected chi connectivity index (χ1v) is 10.4. The number of unbranched alkanes of at least 4 members (excludes halogenated alkanes) is 4. The molecule has 28 heavy (non-hydrogen) atoms. The van der Waals surface area contributed by atoms with Crippen molar-refractivity contribution < 1.29 is 9.53 Å². The molecule has 1 N–H and O–H groups in total. The van der Waals surface area contributed by atoms with E-state index in [4.69, 9.17) is 4.74 Å². The maximum Gasteiger partial charge on any atom is 0.243 e. The highest BCUT2D eigenvalue weighted by Crippen LogP contribution is 2.25. The minimum Gasteiger partial charge on any atom is -0.493 e. The SMILES string of the molecule is CC(C)CNC(=O)/C=C/C=C/CCCCCCOc1cccc2ccccc12. The van der Waals surface area contributed by atoms with Crippen LogP contribution in [0.1, 0.15) is 46.0 Å². The molecule has 0 atom stereocenters.